The molecule has 1 saturated heterocycles. The Balaban J connectivity index is 1.54. The lowest BCUT2D eigenvalue weighted by molar-refractivity contribution is -0.150. The van der Waals surface area contributed by atoms with Crippen molar-refractivity contribution in [3.63, 3.8) is 0 Å². The number of esters is 1. The van der Waals surface area contributed by atoms with Crippen LogP contribution in [0.2, 0.25) is 0 Å². The monoisotopic (exact) mass is 504 g/mol. The van der Waals surface area contributed by atoms with E-state index in [1.807, 2.05) is 19.1 Å². The molecule has 170 valence electrons. The Kier molecular flexibility index (Phi) is 6.37. The Morgan fingerprint density at radius 1 is 1.16 bits per heavy atom. The number of allylic oxidation sites excluding steroid dienone is 2. The Morgan fingerprint density at radius 2 is 1.81 bits per heavy atom. The largest absolute Gasteiger partial charge is 0.490 e. The van der Waals surface area contributed by atoms with E-state index in [-0.39, 0.29) is 42.1 Å². The molecule has 2 amide bonds. The van der Waals surface area contributed by atoms with Crippen LogP contribution in [0.3, 0.4) is 0 Å². The van der Waals surface area contributed by atoms with Gasteiger partial charge in [0.1, 0.15) is 0 Å². The standard InChI is InChI=1S/C23H25BrN2O6/c1-4-30-17-9-15(16(24)10-18(17)32-12(3)23(29)31-5-2)11-25-26-21(27)19-13-6-7-14(8-13)20(19)22(26)28/h6-7,9-14,19-20H,4-5,8H2,1-3H3/t12-,13+,14+,19-,20+/m1/s1. The van der Waals surface area contributed by atoms with E-state index in [2.05, 4.69) is 21.0 Å². The molecule has 1 aromatic rings. The smallest absolute Gasteiger partial charge is 0.347 e. The zero-order chi connectivity index (χ0) is 23.0. The van der Waals surface area contributed by atoms with E-state index >= 15 is 0 Å². The molecule has 2 bridgehead atoms. The summed E-state index contributed by atoms with van der Waals surface area (Å²) in [6.07, 6.45) is 5.61. The van der Waals surface area contributed by atoms with Crippen molar-refractivity contribution >= 4 is 39.9 Å². The summed E-state index contributed by atoms with van der Waals surface area (Å²) in [6.45, 7) is 5.80. The quantitative estimate of drug-likeness (QED) is 0.233. The molecule has 0 radical (unpaired) electrons. The first-order valence-corrected chi connectivity index (χ1v) is 11.5. The van der Waals surface area contributed by atoms with Gasteiger partial charge in [0, 0.05) is 10.0 Å². The van der Waals surface area contributed by atoms with Gasteiger partial charge in [-0.2, -0.15) is 10.1 Å². The fourth-order valence-corrected chi connectivity index (χ4v) is 5.05. The number of carbonyl (C=O) groups is 3. The van der Waals surface area contributed by atoms with Crippen molar-refractivity contribution in [1.82, 2.24) is 5.01 Å². The zero-order valence-corrected chi connectivity index (χ0v) is 19.7. The predicted octanol–water partition coefficient (Wildman–Crippen LogP) is 3.32. The second-order valence-corrected chi connectivity index (χ2v) is 8.85. The van der Waals surface area contributed by atoms with E-state index in [4.69, 9.17) is 14.2 Å². The number of benzene rings is 1. The van der Waals surface area contributed by atoms with Crippen LogP contribution in [-0.2, 0) is 19.1 Å². The number of hydrogen-bond donors (Lipinski definition) is 0. The average molecular weight is 505 g/mol. The molecule has 4 rings (SSSR count). The minimum absolute atomic E-state index is 0.135. The third-order valence-electron chi connectivity index (χ3n) is 6.04. The van der Waals surface area contributed by atoms with Crippen LogP contribution in [-0.4, -0.2) is 48.3 Å². The highest BCUT2D eigenvalue weighted by atomic mass is 79.9. The van der Waals surface area contributed by atoms with Crippen LogP contribution in [0.5, 0.6) is 11.5 Å². The molecule has 1 heterocycles. The van der Waals surface area contributed by atoms with Crippen molar-refractivity contribution in [3.8, 4) is 11.5 Å². The van der Waals surface area contributed by atoms with Crippen molar-refractivity contribution in [3.05, 3.63) is 34.3 Å². The number of hydrogen-bond acceptors (Lipinski definition) is 7. The summed E-state index contributed by atoms with van der Waals surface area (Å²) in [5.74, 6) is -0.499. The number of carbonyl (C=O) groups excluding carboxylic acids is 3. The third-order valence-corrected chi connectivity index (χ3v) is 6.73. The van der Waals surface area contributed by atoms with Crippen LogP contribution in [0.1, 0.15) is 32.8 Å². The number of ether oxygens (including phenoxy) is 3. The molecule has 2 fully saturated rings. The van der Waals surface area contributed by atoms with E-state index in [0.717, 1.165) is 11.4 Å². The Morgan fingerprint density at radius 3 is 2.41 bits per heavy atom. The fourth-order valence-electron chi connectivity index (χ4n) is 4.63. The predicted molar refractivity (Wildman–Crippen MR) is 119 cm³/mol. The zero-order valence-electron chi connectivity index (χ0n) is 18.1. The highest BCUT2D eigenvalue weighted by molar-refractivity contribution is 9.10. The van der Waals surface area contributed by atoms with Gasteiger partial charge in [-0.25, -0.2) is 4.79 Å². The number of nitrogens with zero attached hydrogens (tertiary/aromatic N) is 2. The molecule has 9 heteroatoms. The highest BCUT2D eigenvalue weighted by Gasteiger charge is 2.59. The van der Waals surface area contributed by atoms with Crippen molar-refractivity contribution in [2.24, 2.45) is 28.8 Å². The van der Waals surface area contributed by atoms with Crippen molar-refractivity contribution in [2.75, 3.05) is 13.2 Å². The van der Waals surface area contributed by atoms with Crippen molar-refractivity contribution in [2.45, 2.75) is 33.3 Å². The van der Waals surface area contributed by atoms with Crippen LogP contribution in [0.4, 0.5) is 0 Å². The maximum atomic E-state index is 12.8. The van der Waals surface area contributed by atoms with Crippen molar-refractivity contribution < 1.29 is 28.6 Å². The molecule has 5 atom stereocenters. The lowest BCUT2D eigenvalue weighted by Gasteiger charge is -2.17. The first-order valence-electron chi connectivity index (χ1n) is 10.7. The van der Waals surface area contributed by atoms with Gasteiger partial charge in [0.25, 0.3) is 11.8 Å². The van der Waals surface area contributed by atoms with E-state index in [1.54, 1.807) is 26.0 Å². The highest BCUT2D eigenvalue weighted by Crippen LogP contribution is 2.52. The molecule has 0 unspecified atom stereocenters. The van der Waals surface area contributed by atoms with Gasteiger partial charge in [0.2, 0.25) is 0 Å². The fraction of sp³-hybridized carbons (Fsp3) is 0.478. The minimum Gasteiger partial charge on any atom is -0.490 e. The molecule has 3 aliphatic rings. The summed E-state index contributed by atoms with van der Waals surface area (Å²) >= 11 is 3.47. The van der Waals surface area contributed by atoms with Gasteiger partial charge in [-0.15, -0.1) is 0 Å². The molecular weight excluding hydrogens is 480 g/mol. The molecule has 2 aliphatic carbocycles. The SMILES string of the molecule is CCOC(=O)[C@@H](C)Oc1cc(Br)c(C=NN2C(=O)[C@@H]3[C@H](C2=O)[C@H]2C=C[C@H]3C2)cc1OCC. The molecule has 0 spiro atoms. The number of rotatable bonds is 8. The number of halogens is 1. The molecular formula is C23H25BrN2O6. The van der Waals surface area contributed by atoms with Crippen LogP contribution in [0.25, 0.3) is 0 Å². The Bertz CT molecular complexity index is 976. The maximum Gasteiger partial charge on any atom is 0.347 e. The summed E-state index contributed by atoms with van der Waals surface area (Å²) in [7, 11) is 0. The van der Waals surface area contributed by atoms with Gasteiger partial charge in [-0.1, -0.05) is 12.2 Å². The number of amides is 2. The average Bonchev–Trinajstić information content (AvgIpc) is 3.44. The third kappa shape index (κ3) is 3.94. The first kappa shape index (κ1) is 22.5. The van der Waals surface area contributed by atoms with E-state index < -0.39 is 12.1 Å². The number of hydrazone groups is 1. The van der Waals surface area contributed by atoms with E-state index in [1.165, 1.54) is 6.21 Å². The Labute approximate surface area is 194 Å². The number of fused-ring (bicyclic) bond motifs is 5. The van der Waals surface area contributed by atoms with Gasteiger partial charge in [0.05, 0.1) is 31.3 Å². The lowest BCUT2D eigenvalue weighted by Crippen LogP contribution is -2.28. The molecule has 32 heavy (non-hydrogen) atoms. The van der Waals surface area contributed by atoms with Crippen LogP contribution < -0.4 is 9.47 Å². The maximum absolute atomic E-state index is 12.8. The van der Waals surface area contributed by atoms with Gasteiger partial charge in [-0.3, -0.25) is 9.59 Å². The second kappa shape index (κ2) is 9.05. The first-order chi connectivity index (χ1) is 15.3. The second-order valence-electron chi connectivity index (χ2n) is 8.00. The van der Waals surface area contributed by atoms with E-state index in [0.29, 0.717) is 28.1 Å². The van der Waals surface area contributed by atoms with Gasteiger partial charge < -0.3 is 14.2 Å². The summed E-state index contributed by atoms with van der Waals surface area (Å²) in [6, 6.07) is 3.34. The van der Waals surface area contributed by atoms with Crippen LogP contribution in [0, 0.1) is 23.7 Å². The Hall–Kier alpha value is -2.68. The van der Waals surface area contributed by atoms with Crippen molar-refractivity contribution in [1.29, 1.82) is 0 Å². The molecule has 1 aromatic carbocycles. The van der Waals surface area contributed by atoms with Gasteiger partial charge >= 0.3 is 5.97 Å². The number of imide groups is 1. The van der Waals surface area contributed by atoms with Gasteiger partial charge in [0.15, 0.2) is 17.6 Å². The van der Waals surface area contributed by atoms with Crippen LogP contribution in [0.15, 0.2) is 33.9 Å². The minimum atomic E-state index is -0.816. The summed E-state index contributed by atoms with van der Waals surface area (Å²) < 4.78 is 17.0. The summed E-state index contributed by atoms with van der Waals surface area (Å²) in [5, 5.41) is 5.22. The molecule has 1 aliphatic heterocycles. The van der Waals surface area contributed by atoms with Gasteiger partial charge in [-0.05, 0) is 67.1 Å². The normalized spacial score (nSPS) is 26.7. The van der Waals surface area contributed by atoms with E-state index in [9.17, 15) is 14.4 Å². The lowest BCUT2D eigenvalue weighted by atomic mass is 9.85. The summed E-state index contributed by atoms with van der Waals surface area (Å²) in [4.78, 5) is 37.5. The molecule has 8 nitrogen and oxygen atoms in total. The molecule has 0 N–H and O–H groups in total. The molecule has 1 saturated carbocycles. The topological polar surface area (TPSA) is 94.5 Å². The molecule has 0 aromatic heterocycles. The summed E-state index contributed by atoms with van der Waals surface area (Å²) in [5.41, 5.74) is 0.600. The van der Waals surface area contributed by atoms with Crippen LogP contribution >= 0.6 is 15.9 Å².